The Balaban J connectivity index is 3.40. The number of benzene rings is 1. The Morgan fingerprint density at radius 1 is 1.55 bits per heavy atom. The molecule has 0 atom stereocenters. The first kappa shape index (κ1) is 8.63. The molecule has 0 heterocycles. The van der Waals surface area contributed by atoms with Crippen LogP contribution < -0.4 is 0 Å². The van der Waals surface area contributed by atoms with Crippen molar-refractivity contribution in [1.82, 2.24) is 0 Å². The Kier molecular flexibility index (Phi) is 2.58. The summed E-state index contributed by atoms with van der Waals surface area (Å²) in [5.74, 6) is 0. The van der Waals surface area contributed by atoms with Crippen LogP contribution in [-0.4, -0.2) is 0 Å². The van der Waals surface area contributed by atoms with Gasteiger partial charge in [0.15, 0.2) is 0 Å². The Hall–Kier alpha value is -0.460. The number of halogens is 1. The van der Waals surface area contributed by atoms with Crippen LogP contribution in [0.1, 0.15) is 11.1 Å². The summed E-state index contributed by atoms with van der Waals surface area (Å²) in [4.78, 5) is 0.722. The third kappa shape index (κ3) is 1.76. The average Bonchev–Trinajstić information content (AvgIpc) is 1.85. The lowest BCUT2D eigenvalue weighted by Crippen LogP contribution is -1.82. The third-order valence-electron chi connectivity index (χ3n) is 1.33. The van der Waals surface area contributed by atoms with Gasteiger partial charge in [0.1, 0.15) is 6.07 Å². The molecule has 1 aromatic carbocycles. The Labute approximate surface area is 79.6 Å². The lowest BCUT2D eigenvalue weighted by atomic mass is 10.2. The van der Waals surface area contributed by atoms with Gasteiger partial charge in [0.25, 0.3) is 0 Å². The van der Waals surface area contributed by atoms with Crippen LogP contribution in [0.5, 0.6) is 0 Å². The maximum atomic E-state index is 8.66. The second kappa shape index (κ2) is 3.29. The van der Waals surface area contributed by atoms with Crippen LogP contribution in [-0.2, 0) is 0 Å². The molecule has 0 aliphatic heterocycles. The number of aryl methyl sites for hydroxylation is 1. The van der Waals surface area contributed by atoms with Gasteiger partial charge in [-0.1, -0.05) is 0 Å². The summed E-state index contributed by atoms with van der Waals surface area (Å²) >= 11 is 7.45. The number of hydrogen-bond donors (Lipinski definition) is 1. The highest BCUT2D eigenvalue weighted by atomic mass is 79.9. The van der Waals surface area contributed by atoms with E-state index in [1.54, 1.807) is 0 Å². The van der Waals surface area contributed by atoms with E-state index in [9.17, 15) is 0 Å². The second-order valence-corrected chi connectivity index (χ2v) is 3.59. The van der Waals surface area contributed by atoms with Crippen molar-refractivity contribution in [3.63, 3.8) is 0 Å². The molecule has 0 aromatic heterocycles. The zero-order valence-corrected chi connectivity index (χ0v) is 8.41. The van der Waals surface area contributed by atoms with Crippen LogP contribution >= 0.6 is 28.6 Å². The van der Waals surface area contributed by atoms with Gasteiger partial charge in [0.2, 0.25) is 0 Å². The zero-order valence-electron chi connectivity index (χ0n) is 5.93. The summed E-state index contributed by atoms with van der Waals surface area (Å²) in [5, 5.41) is 8.66. The van der Waals surface area contributed by atoms with Gasteiger partial charge in [-0.2, -0.15) is 5.26 Å². The normalized spacial score (nSPS) is 9.27. The van der Waals surface area contributed by atoms with Gasteiger partial charge in [-0.3, -0.25) is 0 Å². The quantitative estimate of drug-likeness (QED) is 0.678. The predicted molar refractivity (Wildman–Crippen MR) is 50.8 cm³/mol. The molecule has 1 nitrogen and oxygen atoms in total. The van der Waals surface area contributed by atoms with Crippen molar-refractivity contribution in [3.8, 4) is 6.07 Å². The summed E-state index contributed by atoms with van der Waals surface area (Å²) in [7, 11) is 0. The third-order valence-corrected chi connectivity index (χ3v) is 2.30. The van der Waals surface area contributed by atoms with Crippen molar-refractivity contribution in [2.45, 2.75) is 11.8 Å². The van der Waals surface area contributed by atoms with E-state index in [4.69, 9.17) is 5.26 Å². The molecule has 0 saturated heterocycles. The molecule has 0 amide bonds. The highest BCUT2D eigenvalue weighted by molar-refractivity contribution is 9.10. The minimum absolute atomic E-state index is 0.596. The number of thiol groups is 1. The number of hydrogen-bond acceptors (Lipinski definition) is 2. The number of nitrogens with zero attached hydrogens (tertiary/aromatic N) is 1. The molecule has 0 N–H and O–H groups in total. The average molecular weight is 228 g/mol. The standard InChI is InChI=1S/C8H6BrNS/c1-5-2-7(9)6(4-10)8(11)3-5/h2-3,11H,1H3. The summed E-state index contributed by atoms with van der Waals surface area (Å²) in [6.07, 6.45) is 0. The molecule has 11 heavy (non-hydrogen) atoms. The minimum atomic E-state index is 0.596. The molecular weight excluding hydrogens is 222 g/mol. The molecule has 3 heteroatoms. The molecule has 0 radical (unpaired) electrons. The highest BCUT2D eigenvalue weighted by Gasteiger charge is 2.03. The van der Waals surface area contributed by atoms with E-state index in [1.165, 1.54) is 0 Å². The van der Waals surface area contributed by atoms with Crippen molar-refractivity contribution in [3.05, 3.63) is 27.7 Å². The molecule has 0 bridgehead atoms. The number of nitriles is 1. The van der Waals surface area contributed by atoms with Gasteiger partial charge < -0.3 is 0 Å². The van der Waals surface area contributed by atoms with Crippen molar-refractivity contribution in [2.24, 2.45) is 0 Å². The van der Waals surface area contributed by atoms with Crippen molar-refractivity contribution in [2.75, 3.05) is 0 Å². The van der Waals surface area contributed by atoms with Gasteiger partial charge >= 0.3 is 0 Å². The first-order valence-electron chi connectivity index (χ1n) is 3.04. The molecule has 0 unspecified atom stereocenters. The fourth-order valence-corrected chi connectivity index (χ4v) is 2.03. The maximum absolute atomic E-state index is 8.66. The summed E-state index contributed by atoms with van der Waals surface area (Å²) < 4.78 is 0.810. The maximum Gasteiger partial charge on any atom is 0.101 e. The van der Waals surface area contributed by atoms with E-state index in [2.05, 4.69) is 34.6 Å². The molecule has 0 aliphatic rings. The fourth-order valence-electron chi connectivity index (χ4n) is 0.835. The van der Waals surface area contributed by atoms with Crippen LogP contribution in [0.15, 0.2) is 21.5 Å². The van der Waals surface area contributed by atoms with Crippen LogP contribution in [0.4, 0.5) is 0 Å². The minimum Gasteiger partial charge on any atom is -0.192 e. The molecule has 56 valence electrons. The molecule has 0 aliphatic carbocycles. The first-order chi connectivity index (χ1) is 5.15. The van der Waals surface area contributed by atoms with Gasteiger partial charge in [-0.15, -0.1) is 12.6 Å². The molecule has 0 saturated carbocycles. The highest BCUT2D eigenvalue weighted by Crippen LogP contribution is 2.24. The number of rotatable bonds is 0. The van der Waals surface area contributed by atoms with E-state index in [-0.39, 0.29) is 0 Å². The lowest BCUT2D eigenvalue weighted by Gasteiger charge is -2.00. The molecule has 0 fully saturated rings. The topological polar surface area (TPSA) is 23.8 Å². The van der Waals surface area contributed by atoms with E-state index < -0.39 is 0 Å². The SMILES string of the molecule is Cc1cc(S)c(C#N)c(Br)c1. The lowest BCUT2D eigenvalue weighted by molar-refractivity contribution is 1.30. The van der Waals surface area contributed by atoms with Crippen LogP contribution in [0, 0.1) is 18.3 Å². The van der Waals surface area contributed by atoms with E-state index in [1.807, 2.05) is 19.1 Å². The second-order valence-electron chi connectivity index (χ2n) is 2.25. The summed E-state index contributed by atoms with van der Waals surface area (Å²) in [6.45, 7) is 1.96. The molecular formula is C8H6BrNS. The van der Waals surface area contributed by atoms with E-state index in [0.29, 0.717) is 5.56 Å². The van der Waals surface area contributed by atoms with Crippen LogP contribution in [0.2, 0.25) is 0 Å². The van der Waals surface area contributed by atoms with Crippen molar-refractivity contribution < 1.29 is 0 Å². The Morgan fingerprint density at radius 2 is 2.18 bits per heavy atom. The van der Waals surface area contributed by atoms with Gasteiger partial charge in [0, 0.05) is 9.37 Å². The molecule has 1 rings (SSSR count). The van der Waals surface area contributed by atoms with Gasteiger partial charge in [-0.25, -0.2) is 0 Å². The first-order valence-corrected chi connectivity index (χ1v) is 4.28. The van der Waals surface area contributed by atoms with Crippen LogP contribution in [0.25, 0.3) is 0 Å². The Bertz CT molecular complexity index is 304. The van der Waals surface area contributed by atoms with Crippen molar-refractivity contribution in [1.29, 1.82) is 5.26 Å². The van der Waals surface area contributed by atoms with E-state index in [0.717, 1.165) is 14.9 Å². The van der Waals surface area contributed by atoms with Gasteiger partial charge in [0.05, 0.1) is 5.56 Å². The summed E-state index contributed by atoms with van der Waals surface area (Å²) in [6, 6.07) is 5.84. The van der Waals surface area contributed by atoms with Crippen LogP contribution in [0.3, 0.4) is 0 Å². The summed E-state index contributed by atoms with van der Waals surface area (Å²) in [5.41, 5.74) is 1.69. The fraction of sp³-hybridized carbons (Fsp3) is 0.125. The van der Waals surface area contributed by atoms with Crippen molar-refractivity contribution >= 4 is 28.6 Å². The largest absolute Gasteiger partial charge is 0.192 e. The monoisotopic (exact) mass is 227 g/mol. The smallest absolute Gasteiger partial charge is 0.101 e. The van der Waals surface area contributed by atoms with E-state index >= 15 is 0 Å². The zero-order chi connectivity index (χ0) is 8.43. The molecule has 0 spiro atoms. The predicted octanol–water partition coefficient (Wildman–Crippen LogP) is 2.92. The molecule has 1 aromatic rings. The Morgan fingerprint density at radius 3 is 2.64 bits per heavy atom. The van der Waals surface area contributed by atoms with Gasteiger partial charge in [-0.05, 0) is 40.5 Å².